The van der Waals surface area contributed by atoms with E-state index in [1.165, 1.54) is 0 Å². The first-order valence-corrected chi connectivity index (χ1v) is 10.7. The van der Waals surface area contributed by atoms with Gasteiger partial charge in [-0.3, -0.25) is 14.5 Å². The number of hydrogen-bond acceptors (Lipinski definition) is 5. The van der Waals surface area contributed by atoms with Crippen molar-refractivity contribution in [3.05, 3.63) is 58.6 Å². The topological polar surface area (TPSA) is 97.0 Å². The number of fused-ring (bicyclic) bond motifs is 1. The molecule has 4 rings (SSSR count). The van der Waals surface area contributed by atoms with Crippen molar-refractivity contribution >= 4 is 29.4 Å². The van der Waals surface area contributed by atoms with Crippen LogP contribution in [0.3, 0.4) is 0 Å². The molecule has 0 aliphatic carbocycles. The first-order chi connectivity index (χ1) is 15.3. The Balaban J connectivity index is 1.47. The molecule has 4 amide bonds. The highest BCUT2D eigenvalue weighted by Gasteiger charge is 2.49. The summed E-state index contributed by atoms with van der Waals surface area (Å²) < 4.78 is 11.3. The molecule has 2 heterocycles. The van der Waals surface area contributed by atoms with E-state index in [1.54, 1.807) is 50.2 Å². The second-order valence-electron chi connectivity index (χ2n) is 8.00. The molecule has 8 nitrogen and oxygen atoms in total. The van der Waals surface area contributed by atoms with Crippen LogP contribution in [-0.2, 0) is 15.1 Å². The molecule has 2 aliphatic rings. The van der Waals surface area contributed by atoms with Crippen molar-refractivity contribution in [1.82, 2.24) is 15.5 Å². The molecule has 168 valence electrons. The van der Waals surface area contributed by atoms with Crippen molar-refractivity contribution in [3.8, 4) is 11.5 Å². The zero-order valence-electron chi connectivity index (χ0n) is 17.8. The maximum atomic E-state index is 13.2. The van der Waals surface area contributed by atoms with Gasteiger partial charge in [-0.05, 0) is 49.2 Å². The van der Waals surface area contributed by atoms with Crippen LogP contribution in [-0.4, -0.2) is 42.5 Å². The second kappa shape index (κ2) is 8.70. The number of urea groups is 1. The molecule has 2 atom stereocenters. The quantitative estimate of drug-likeness (QED) is 0.672. The fraction of sp³-hybridized carbons (Fsp3) is 0.348. The van der Waals surface area contributed by atoms with Gasteiger partial charge in [0.2, 0.25) is 5.91 Å². The molecule has 32 heavy (non-hydrogen) atoms. The molecule has 0 spiro atoms. The summed E-state index contributed by atoms with van der Waals surface area (Å²) in [5.41, 5.74) is 0.0519. The Morgan fingerprint density at radius 2 is 1.94 bits per heavy atom. The van der Waals surface area contributed by atoms with Gasteiger partial charge in [0.25, 0.3) is 5.91 Å². The predicted molar refractivity (Wildman–Crippen MR) is 118 cm³/mol. The number of carbonyl (C=O) groups is 3. The minimum Gasteiger partial charge on any atom is -0.490 e. The number of ether oxygens (including phenoxy) is 2. The highest BCUT2D eigenvalue weighted by atomic mass is 35.5. The van der Waals surface area contributed by atoms with Gasteiger partial charge in [-0.25, -0.2) is 4.79 Å². The number of nitrogens with one attached hydrogen (secondary N) is 2. The predicted octanol–water partition coefficient (Wildman–Crippen LogP) is 3.15. The van der Waals surface area contributed by atoms with E-state index in [4.69, 9.17) is 21.1 Å². The van der Waals surface area contributed by atoms with Crippen LogP contribution in [0, 0.1) is 0 Å². The molecular formula is C23H24ClN3O5. The summed E-state index contributed by atoms with van der Waals surface area (Å²) in [6.07, 6.45) is 0.757. The van der Waals surface area contributed by atoms with Gasteiger partial charge < -0.3 is 20.1 Å². The molecule has 2 aliphatic heterocycles. The van der Waals surface area contributed by atoms with Gasteiger partial charge >= 0.3 is 6.03 Å². The number of rotatable bonds is 5. The normalized spacial score (nSPS) is 21.0. The minimum absolute atomic E-state index is 0.338. The Morgan fingerprint density at radius 1 is 1.19 bits per heavy atom. The highest BCUT2D eigenvalue weighted by Crippen LogP contribution is 2.36. The van der Waals surface area contributed by atoms with E-state index in [0.717, 1.165) is 16.9 Å². The van der Waals surface area contributed by atoms with Crippen LogP contribution in [0.25, 0.3) is 0 Å². The van der Waals surface area contributed by atoms with Gasteiger partial charge in [-0.15, -0.1) is 0 Å². The van der Waals surface area contributed by atoms with Gasteiger partial charge in [0.15, 0.2) is 11.5 Å². The van der Waals surface area contributed by atoms with E-state index in [2.05, 4.69) is 10.6 Å². The van der Waals surface area contributed by atoms with Gasteiger partial charge in [-0.2, -0.15) is 0 Å². The molecule has 0 saturated carbocycles. The molecule has 2 aromatic rings. The summed E-state index contributed by atoms with van der Waals surface area (Å²) >= 11 is 6.01. The zero-order valence-corrected chi connectivity index (χ0v) is 18.6. The molecule has 9 heteroatoms. The highest BCUT2D eigenvalue weighted by molar-refractivity contribution is 6.30. The molecule has 0 radical (unpaired) electrons. The maximum Gasteiger partial charge on any atom is 0.325 e. The van der Waals surface area contributed by atoms with Crippen LogP contribution < -0.4 is 20.1 Å². The van der Waals surface area contributed by atoms with Crippen molar-refractivity contribution in [2.24, 2.45) is 0 Å². The third-order valence-electron chi connectivity index (χ3n) is 5.63. The first kappa shape index (κ1) is 22.0. The molecule has 1 fully saturated rings. The first-order valence-electron chi connectivity index (χ1n) is 10.4. The van der Waals surface area contributed by atoms with Crippen LogP contribution in [0.15, 0.2) is 42.5 Å². The Kier molecular flexibility index (Phi) is 5.97. The van der Waals surface area contributed by atoms with Crippen LogP contribution in [0.1, 0.15) is 37.4 Å². The minimum atomic E-state index is -1.32. The van der Waals surface area contributed by atoms with Gasteiger partial charge in [0.05, 0.1) is 19.3 Å². The number of imide groups is 1. The van der Waals surface area contributed by atoms with Crippen LogP contribution in [0.5, 0.6) is 11.5 Å². The summed E-state index contributed by atoms with van der Waals surface area (Å²) in [5.74, 6) is 0.152. The molecule has 0 unspecified atom stereocenters. The smallest absolute Gasteiger partial charge is 0.325 e. The fourth-order valence-electron chi connectivity index (χ4n) is 3.80. The third-order valence-corrected chi connectivity index (χ3v) is 5.86. The van der Waals surface area contributed by atoms with Crippen LogP contribution in [0.2, 0.25) is 5.02 Å². The summed E-state index contributed by atoms with van der Waals surface area (Å²) in [6, 6.07) is 11.3. The number of carbonyl (C=O) groups excluding carboxylic acids is 3. The largest absolute Gasteiger partial charge is 0.490 e. The van der Waals surface area contributed by atoms with Gasteiger partial charge in [0.1, 0.15) is 12.1 Å². The van der Waals surface area contributed by atoms with Crippen molar-refractivity contribution in [3.63, 3.8) is 0 Å². The van der Waals surface area contributed by atoms with Crippen molar-refractivity contribution in [2.45, 2.75) is 31.8 Å². The van der Waals surface area contributed by atoms with Crippen LogP contribution >= 0.6 is 11.6 Å². The molecule has 2 aromatic carbocycles. The lowest BCUT2D eigenvalue weighted by Crippen LogP contribution is -2.43. The third kappa shape index (κ3) is 4.23. The number of hydrogen-bond donors (Lipinski definition) is 2. The SMILES string of the molecule is C[C@@H](NC(=O)CN1C(=O)N[C@](C)(c2ccc3c(c2)OCCCO3)C1=O)c1cccc(Cl)c1. The van der Waals surface area contributed by atoms with E-state index >= 15 is 0 Å². The molecule has 1 saturated heterocycles. The zero-order chi connectivity index (χ0) is 22.9. The lowest BCUT2D eigenvalue weighted by atomic mass is 9.91. The molecular weight excluding hydrogens is 434 g/mol. The number of benzene rings is 2. The molecule has 2 N–H and O–H groups in total. The summed E-state index contributed by atoms with van der Waals surface area (Å²) in [7, 11) is 0. The average Bonchev–Trinajstić information content (AvgIpc) is 2.93. The monoisotopic (exact) mass is 457 g/mol. The van der Waals surface area contributed by atoms with E-state index in [-0.39, 0.29) is 6.04 Å². The van der Waals surface area contributed by atoms with Gasteiger partial charge in [-0.1, -0.05) is 29.8 Å². The standard InChI is InChI=1S/C23H24ClN3O5/c1-14(15-5-3-6-17(24)11-15)25-20(28)13-27-21(29)23(2,26-22(27)30)16-7-8-18-19(12-16)32-10-4-9-31-18/h3,5-8,11-12,14H,4,9-10,13H2,1-2H3,(H,25,28)(H,26,30)/t14-,23-/m1/s1. The average molecular weight is 458 g/mol. The molecule has 0 bridgehead atoms. The lowest BCUT2D eigenvalue weighted by Gasteiger charge is -2.23. The van der Waals surface area contributed by atoms with Gasteiger partial charge in [0, 0.05) is 11.4 Å². The van der Waals surface area contributed by atoms with E-state index < -0.39 is 29.9 Å². The van der Waals surface area contributed by atoms with Crippen molar-refractivity contribution < 1.29 is 23.9 Å². The Labute approximate surface area is 190 Å². The fourth-order valence-corrected chi connectivity index (χ4v) is 4.00. The van der Waals surface area contributed by atoms with Crippen LogP contribution in [0.4, 0.5) is 4.79 Å². The maximum absolute atomic E-state index is 13.2. The Hall–Kier alpha value is -3.26. The van der Waals surface area contributed by atoms with Crippen molar-refractivity contribution in [2.75, 3.05) is 19.8 Å². The summed E-state index contributed by atoms with van der Waals surface area (Å²) in [4.78, 5) is 39.3. The Bertz CT molecular complexity index is 1080. The van der Waals surface area contributed by atoms with Crippen molar-refractivity contribution in [1.29, 1.82) is 0 Å². The lowest BCUT2D eigenvalue weighted by molar-refractivity contribution is -0.135. The molecule has 0 aromatic heterocycles. The van der Waals surface area contributed by atoms with E-state index in [1.807, 2.05) is 6.07 Å². The second-order valence-corrected chi connectivity index (χ2v) is 8.44. The Morgan fingerprint density at radius 3 is 2.69 bits per heavy atom. The summed E-state index contributed by atoms with van der Waals surface area (Å²) in [6.45, 7) is 4.08. The van der Waals surface area contributed by atoms with E-state index in [0.29, 0.717) is 35.3 Å². The number of nitrogens with zero attached hydrogens (tertiary/aromatic N) is 1. The number of amides is 4. The van der Waals surface area contributed by atoms with E-state index in [9.17, 15) is 14.4 Å². The summed E-state index contributed by atoms with van der Waals surface area (Å²) in [5, 5.41) is 6.07. The number of halogens is 1.